The number of benzene rings is 1. The number of likely N-dealkylation sites (tertiary alicyclic amines) is 1. The maximum atomic E-state index is 12.9. The molecular weight excluding hydrogens is 304 g/mol. The Kier molecular flexibility index (Phi) is 4.26. The zero-order valence-electron chi connectivity index (χ0n) is 14.1. The van der Waals surface area contributed by atoms with Crippen LogP contribution in [0.5, 0.6) is 5.88 Å². The molecule has 0 spiro atoms. The minimum atomic E-state index is -0.0307. The molecule has 24 heavy (non-hydrogen) atoms. The third kappa shape index (κ3) is 2.62. The highest BCUT2D eigenvalue weighted by molar-refractivity contribution is 5.94. The molecule has 1 aliphatic rings. The van der Waals surface area contributed by atoms with Gasteiger partial charge in [0.2, 0.25) is 5.88 Å². The summed E-state index contributed by atoms with van der Waals surface area (Å²) in [4.78, 5) is 14.8. The number of carbonyl (C=O) groups excluding carboxylic acids is 1. The van der Waals surface area contributed by atoms with Crippen molar-refractivity contribution in [1.29, 1.82) is 5.26 Å². The first kappa shape index (κ1) is 16.1. The fourth-order valence-corrected chi connectivity index (χ4v) is 3.44. The van der Waals surface area contributed by atoms with Crippen LogP contribution in [0.1, 0.15) is 46.1 Å². The van der Waals surface area contributed by atoms with Gasteiger partial charge in [0, 0.05) is 19.2 Å². The van der Waals surface area contributed by atoms with Crippen molar-refractivity contribution in [3.63, 3.8) is 0 Å². The van der Waals surface area contributed by atoms with Crippen molar-refractivity contribution in [2.24, 2.45) is 7.05 Å². The van der Waals surface area contributed by atoms with Crippen molar-refractivity contribution in [2.75, 3.05) is 13.7 Å². The van der Waals surface area contributed by atoms with Crippen LogP contribution in [0.15, 0.2) is 24.3 Å². The first-order valence-corrected chi connectivity index (χ1v) is 7.95. The zero-order valence-corrected chi connectivity index (χ0v) is 14.1. The van der Waals surface area contributed by atoms with Crippen LogP contribution in [0, 0.1) is 18.3 Å². The predicted octanol–water partition coefficient (Wildman–Crippen LogP) is 2.59. The molecule has 1 saturated heterocycles. The molecule has 0 radical (unpaired) electrons. The van der Waals surface area contributed by atoms with Crippen LogP contribution in [0.3, 0.4) is 0 Å². The monoisotopic (exact) mass is 324 g/mol. The van der Waals surface area contributed by atoms with Gasteiger partial charge in [-0.3, -0.25) is 4.79 Å². The zero-order chi connectivity index (χ0) is 17.3. The maximum absolute atomic E-state index is 12.9. The predicted molar refractivity (Wildman–Crippen MR) is 88.7 cm³/mol. The van der Waals surface area contributed by atoms with Gasteiger partial charge in [-0.1, -0.05) is 0 Å². The lowest BCUT2D eigenvalue weighted by Crippen LogP contribution is -2.31. The summed E-state index contributed by atoms with van der Waals surface area (Å²) in [6, 6.07) is 8.81. The Morgan fingerprint density at radius 3 is 2.71 bits per heavy atom. The average molecular weight is 324 g/mol. The van der Waals surface area contributed by atoms with Crippen LogP contribution in [0.25, 0.3) is 0 Å². The van der Waals surface area contributed by atoms with Crippen molar-refractivity contribution < 1.29 is 9.53 Å². The minimum Gasteiger partial charge on any atom is -0.481 e. The van der Waals surface area contributed by atoms with E-state index in [0.29, 0.717) is 23.6 Å². The largest absolute Gasteiger partial charge is 0.481 e. The summed E-state index contributed by atoms with van der Waals surface area (Å²) in [5, 5.41) is 13.3. The van der Waals surface area contributed by atoms with Gasteiger partial charge in [0.05, 0.1) is 36.0 Å². The van der Waals surface area contributed by atoms with Gasteiger partial charge in [0.25, 0.3) is 5.91 Å². The number of aromatic nitrogens is 2. The summed E-state index contributed by atoms with van der Waals surface area (Å²) in [5.74, 6) is 0.685. The molecule has 0 aliphatic carbocycles. The molecule has 0 saturated carbocycles. The number of methoxy groups -OCH3 is 1. The summed E-state index contributed by atoms with van der Waals surface area (Å²) in [7, 11) is 3.47. The van der Waals surface area contributed by atoms with Gasteiger partial charge in [-0.25, -0.2) is 4.68 Å². The number of nitriles is 1. The third-order valence-corrected chi connectivity index (χ3v) is 4.52. The number of ether oxygens (including phenoxy) is 1. The van der Waals surface area contributed by atoms with E-state index in [-0.39, 0.29) is 11.9 Å². The van der Waals surface area contributed by atoms with E-state index < -0.39 is 0 Å². The Bertz CT molecular complexity index is 802. The van der Waals surface area contributed by atoms with Gasteiger partial charge in [-0.15, -0.1) is 0 Å². The van der Waals surface area contributed by atoms with Crippen molar-refractivity contribution >= 4 is 5.91 Å². The van der Waals surface area contributed by atoms with Gasteiger partial charge in [0.15, 0.2) is 0 Å². The Morgan fingerprint density at radius 1 is 1.38 bits per heavy atom. The number of amides is 1. The normalized spacial score (nSPS) is 16.9. The van der Waals surface area contributed by atoms with Crippen LogP contribution in [-0.4, -0.2) is 34.2 Å². The molecule has 1 aromatic carbocycles. The topological polar surface area (TPSA) is 71.2 Å². The standard InChI is InChI=1S/C18H20N4O2/c1-12-16(18(24-3)21(2)20-12)15-5-4-10-22(15)17(23)14-8-6-13(11-19)7-9-14/h6-9,15H,4-5,10H2,1-3H3/t15-/m0/s1. The fraction of sp³-hybridized carbons (Fsp3) is 0.389. The summed E-state index contributed by atoms with van der Waals surface area (Å²) < 4.78 is 7.22. The van der Waals surface area contributed by atoms with E-state index >= 15 is 0 Å². The molecule has 0 unspecified atom stereocenters. The van der Waals surface area contributed by atoms with Crippen molar-refractivity contribution in [1.82, 2.24) is 14.7 Å². The maximum Gasteiger partial charge on any atom is 0.254 e. The second-order valence-corrected chi connectivity index (χ2v) is 5.98. The Labute approximate surface area is 141 Å². The summed E-state index contributed by atoms with van der Waals surface area (Å²) in [6.45, 7) is 2.65. The van der Waals surface area contributed by atoms with Gasteiger partial charge in [0.1, 0.15) is 0 Å². The molecule has 6 nitrogen and oxygen atoms in total. The number of hydrogen-bond donors (Lipinski definition) is 0. The Morgan fingerprint density at radius 2 is 2.08 bits per heavy atom. The molecule has 2 aromatic rings. The van der Waals surface area contributed by atoms with Crippen molar-refractivity contribution in [2.45, 2.75) is 25.8 Å². The molecule has 124 valence electrons. The number of hydrogen-bond acceptors (Lipinski definition) is 4. The molecule has 1 amide bonds. The average Bonchev–Trinajstić information content (AvgIpc) is 3.17. The lowest BCUT2D eigenvalue weighted by atomic mass is 10.0. The Hall–Kier alpha value is -2.81. The SMILES string of the molecule is COc1c([C@@H]2CCCN2C(=O)c2ccc(C#N)cc2)c(C)nn1C. The van der Waals surface area contributed by atoms with Crippen LogP contribution in [-0.2, 0) is 7.05 Å². The number of nitrogens with zero attached hydrogens (tertiary/aromatic N) is 4. The van der Waals surface area contributed by atoms with Crippen molar-refractivity contribution in [3.05, 3.63) is 46.6 Å². The second-order valence-electron chi connectivity index (χ2n) is 5.98. The van der Waals surface area contributed by atoms with E-state index in [2.05, 4.69) is 11.2 Å². The molecular formula is C18H20N4O2. The summed E-state index contributed by atoms with van der Waals surface area (Å²) in [6.07, 6.45) is 1.84. The quantitative estimate of drug-likeness (QED) is 0.870. The second kappa shape index (κ2) is 6.36. The minimum absolute atomic E-state index is 0.0210. The molecule has 6 heteroatoms. The Balaban J connectivity index is 1.93. The van der Waals surface area contributed by atoms with E-state index in [1.165, 1.54) is 0 Å². The molecule has 0 bridgehead atoms. The first-order valence-electron chi connectivity index (χ1n) is 7.95. The van der Waals surface area contributed by atoms with E-state index in [1.54, 1.807) is 36.1 Å². The van der Waals surface area contributed by atoms with Gasteiger partial charge in [-0.2, -0.15) is 10.4 Å². The molecule has 1 atom stereocenters. The highest BCUT2D eigenvalue weighted by Gasteiger charge is 2.35. The lowest BCUT2D eigenvalue weighted by Gasteiger charge is -2.25. The van der Waals surface area contributed by atoms with Crippen LogP contribution in [0.2, 0.25) is 0 Å². The molecule has 2 heterocycles. The molecule has 1 aliphatic heterocycles. The number of rotatable bonds is 3. The van der Waals surface area contributed by atoms with E-state index in [1.807, 2.05) is 18.9 Å². The highest BCUT2D eigenvalue weighted by atomic mass is 16.5. The molecule has 3 rings (SSSR count). The lowest BCUT2D eigenvalue weighted by molar-refractivity contribution is 0.0733. The fourth-order valence-electron chi connectivity index (χ4n) is 3.44. The van der Waals surface area contributed by atoms with Crippen molar-refractivity contribution in [3.8, 4) is 11.9 Å². The van der Waals surface area contributed by atoms with E-state index in [9.17, 15) is 4.79 Å². The number of aryl methyl sites for hydroxylation is 2. The van der Waals surface area contributed by atoms with Gasteiger partial charge >= 0.3 is 0 Å². The van der Waals surface area contributed by atoms with E-state index in [4.69, 9.17) is 10.00 Å². The smallest absolute Gasteiger partial charge is 0.254 e. The number of carbonyl (C=O) groups is 1. The molecule has 1 aromatic heterocycles. The highest BCUT2D eigenvalue weighted by Crippen LogP contribution is 2.39. The molecule has 1 fully saturated rings. The summed E-state index contributed by atoms with van der Waals surface area (Å²) >= 11 is 0. The van der Waals surface area contributed by atoms with Crippen LogP contribution in [0.4, 0.5) is 0 Å². The van der Waals surface area contributed by atoms with Crippen LogP contribution < -0.4 is 4.74 Å². The van der Waals surface area contributed by atoms with Gasteiger partial charge < -0.3 is 9.64 Å². The third-order valence-electron chi connectivity index (χ3n) is 4.52. The van der Waals surface area contributed by atoms with E-state index in [0.717, 1.165) is 24.1 Å². The van der Waals surface area contributed by atoms with Gasteiger partial charge in [-0.05, 0) is 44.0 Å². The summed E-state index contributed by atoms with van der Waals surface area (Å²) in [5.41, 5.74) is 3.02. The first-order chi connectivity index (χ1) is 11.6. The molecule has 0 N–H and O–H groups in total. The van der Waals surface area contributed by atoms with Crippen LogP contribution >= 0.6 is 0 Å².